The minimum atomic E-state index is 0.120. The van der Waals surface area contributed by atoms with Crippen molar-refractivity contribution in [3.05, 3.63) is 65.2 Å². The van der Waals surface area contributed by atoms with Gasteiger partial charge in [-0.3, -0.25) is 4.79 Å². The third kappa shape index (κ3) is 1.75. The summed E-state index contributed by atoms with van der Waals surface area (Å²) in [6.45, 7) is 0.692. The maximum absolute atomic E-state index is 12.4. The molecule has 1 fully saturated rings. The Labute approximate surface area is 112 Å². The number of anilines is 1. The summed E-state index contributed by atoms with van der Waals surface area (Å²) in [4.78, 5) is 14.2. The molecule has 1 heterocycles. The zero-order valence-electron chi connectivity index (χ0n) is 10.7. The molecule has 0 atom stereocenters. The van der Waals surface area contributed by atoms with Crippen LogP contribution in [0.2, 0.25) is 0 Å². The highest BCUT2D eigenvalue weighted by Gasteiger charge is 2.28. The third-order valence-electron chi connectivity index (χ3n) is 4.07. The monoisotopic (exact) mass is 249 g/mol. The number of amides is 1. The van der Waals surface area contributed by atoms with Crippen LogP contribution in [0, 0.1) is 0 Å². The first-order valence-electron chi connectivity index (χ1n) is 6.83. The van der Waals surface area contributed by atoms with Gasteiger partial charge in [-0.1, -0.05) is 30.3 Å². The fourth-order valence-electron chi connectivity index (χ4n) is 2.81. The molecule has 1 aliphatic carbocycles. The lowest BCUT2D eigenvalue weighted by molar-refractivity contribution is 0.0996. The molecule has 0 radical (unpaired) electrons. The second-order valence-corrected chi connectivity index (χ2v) is 5.41. The van der Waals surface area contributed by atoms with Crippen LogP contribution in [0.5, 0.6) is 0 Å². The van der Waals surface area contributed by atoms with Crippen LogP contribution >= 0.6 is 0 Å². The molecule has 0 saturated heterocycles. The van der Waals surface area contributed by atoms with Crippen molar-refractivity contribution < 1.29 is 4.79 Å². The Kier molecular flexibility index (Phi) is 2.25. The first-order chi connectivity index (χ1) is 9.33. The van der Waals surface area contributed by atoms with E-state index in [0.717, 1.165) is 22.7 Å². The zero-order valence-corrected chi connectivity index (χ0v) is 10.7. The molecule has 2 aliphatic rings. The Morgan fingerprint density at radius 3 is 2.37 bits per heavy atom. The van der Waals surface area contributed by atoms with Gasteiger partial charge in [-0.2, -0.15) is 0 Å². The number of nitrogens with zero attached hydrogens (tertiary/aromatic N) is 1. The molecule has 2 aromatic rings. The number of fused-ring (bicyclic) bond motifs is 1. The van der Waals surface area contributed by atoms with E-state index < -0.39 is 0 Å². The Balaban J connectivity index is 1.65. The molecule has 4 rings (SSSR count). The largest absolute Gasteiger partial charge is 0.304 e. The van der Waals surface area contributed by atoms with Gasteiger partial charge >= 0.3 is 0 Å². The minimum Gasteiger partial charge on any atom is -0.304 e. The molecule has 94 valence electrons. The summed E-state index contributed by atoms with van der Waals surface area (Å²) in [5, 5.41) is 0. The van der Waals surface area contributed by atoms with E-state index in [1.165, 1.54) is 18.4 Å². The topological polar surface area (TPSA) is 20.3 Å². The fourth-order valence-corrected chi connectivity index (χ4v) is 2.81. The summed E-state index contributed by atoms with van der Waals surface area (Å²) in [7, 11) is 0. The van der Waals surface area contributed by atoms with Crippen molar-refractivity contribution in [3.8, 4) is 0 Å². The Bertz CT molecular complexity index is 641. The van der Waals surface area contributed by atoms with E-state index in [1.807, 2.05) is 29.2 Å². The predicted molar refractivity (Wildman–Crippen MR) is 75.4 cm³/mol. The SMILES string of the molecule is O=C1c2ccccc2CN1c1ccc(C2CC2)cc1. The summed E-state index contributed by atoms with van der Waals surface area (Å²) in [5.41, 5.74) is 4.38. The second-order valence-electron chi connectivity index (χ2n) is 5.41. The molecule has 0 unspecified atom stereocenters. The van der Waals surface area contributed by atoms with Gasteiger partial charge < -0.3 is 4.90 Å². The first-order valence-corrected chi connectivity index (χ1v) is 6.83. The highest BCUT2D eigenvalue weighted by molar-refractivity contribution is 6.09. The van der Waals surface area contributed by atoms with E-state index in [0.29, 0.717) is 6.54 Å². The van der Waals surface area contributed by atoms with Crippen molar-refractivity contribution in [2.45, 2.75) is 25.3 Å². The molecule has 2 aromatic carbocycles. The first kappa shape index (κ1) is 10.8. The van der Waals surface area contributed by atoms with E-state index in [4.69, 9.17) is 0 Å². The van der Waals surface area contributed by atoms with Gasteiger partial charge in [0.05, 0.1) is 6.54 Å². The third-order valence-corrected chi connectivity index (χ3v) is 4.07. The van der Waals surface area contributed by atoms with Crippen molar-refractivity contribution in [2.75, 3.05) is 4.90 Å². The van der Waals surface area contributed by atoms with Crippen molar-refractivity contribution in [3.63, 3.8) is 0 Å². The van der Waals surface area contributed by atoms with E-state index in [9.17, 15) is 4.79 Å². The Hall–Kier alpha value is -2.09. The Morgan fingerprint density at radius 2 is 1.68 bits per heavy atom. The summed E-state index contributed by atoms with van der Waals surface area (Å²) < 4.78 is 0. The van der Waals surface area contributed by atoms with Gasteiger partial charge in [0.2, 0.25) is 0 Å². The number of hydrogen-bond acceptors (Lipinski definition) is 1. The molecule has 2 heteroatoms. The summed E-state index contributed by atoms with van der Waals surface area (Å²) in [6.07, 6.45) is 2.63. The van der Waals surface area contributed by atoms with Crippen LogP contribution < -0.4 is 4.90 Å². The predicted octanol–water partition coefficient (Wildman–Crippen LogP) is 3.72. The number of carbonyl (C=O) groups excluding carboxylic acids is 1. The molecular formula is C17H15NO. The average Bonchev–Trinajstić information content (AvgIpc) is 3.25. The molecule has 1 aliphatic heterocycles. The molecular weight excluding hydrogens is 234 g/mol. The second kappa shape index (κ2) is 3.95. The highest BCUT2D eigenvalue weighted by Crippen LogP contribution is 2.40. The number of carbonyl (C=O) groups is 1. The van der Waals surface area contributed by atoms with Crippen LogP contribution in [0.1, 0.15) is 40.2 Å². The lowest BCUT2D eigenvalue weighted by Crippen LogP contribution is -2.22. The smallest absolute Gasteiger partial charge is 0.258 e. The van der Waals surface area contributed by atoms with Crippen molar-refractivity contribution >= 4 is 11.6 Å². The van der Waals surface area contributed by atoms with Gasteiger partial charge in [-0.05, 0) is 48.1 Å². The van der Waals surface area contributed by atoms with Gasteiger partial charge in [0, 0.05) is 11.3 Å². The maximum atomic E-state index is 12.4. The lowest BCUT2D eigenvalue weighted by Gasteiger charge is -2.16. The molecule has 0 spiro atoms. The van der Waals surface area contributed by atoms with E-state index in [-0.39, 0.29) is 5.91 Å². The number of rotatable bonds is 2. The Morgan fingerprint density at radius 1 is 0.947 bits per heavy atom. The standard InChI is InChI=1S/C17H15NO/c19-17-16-4-2-1-3-14(16)11-18(17)15-9-7-13(8-10-15)12-5-6-12/h1-4,7-10,12H,5-6,11H2. The molecule has 1 amide bonds. The lowest BCUT2D eigenvalue weighted by atomic mass is 10.1. The zero-order chi connectivity index (χ0) is 12.8. The van der Waals surface area contributed by atoms with E-state index in [2.05, 4.69) is 24.3 Å². The van der Waals surface area contributed by atoms with Crippen LogP contribution in [0.15, 0.2) is 48.5 Å². The van der Waals surface area contributed by atoms with Crippen molar-refractivity contribution in [1.29, 1.82) is 0 Å². The van der Waals surface area contributed by atoms with E-state index in [1.54, 1.807) is 0 Å². The van der Waals surface area contributed by atoms with Crippen LogP contribution in [0.3, 0.4) is 0 Å². The highest BCUT2D eigenvalue weighted by atomic mass is 16.2. The van der Waals surface area contributed by atoms with Crippen LogP contribution in [0.4, 0.5) is 5.69 Å². The average molecular weight is 249 g/mol. The van der Waals surface area contributed by atoms with Crippen LogP contribution in [-0.4, -0.2) is 5.91 Å². The van der Waals surface area contributed by atoms with Crippen LogP contribution in [0.25, 0.3) is 0 Å². The maximum Gasteiger partial charge on any atom is 0.258 e. The molecule has 2 nitrogen and oxygen atoms in total. The number of hydrogen-bond donors (Lipinski definition) is 0. The normalized spacial score (nSPS) is 17.7. The van der Waals surface area contributed by atoms with Crippen molar-refractivity contribution in [2.24, 2.45) is 0 Å². The molecule has 1 saturated carbocycles. The van der Waals surface area contributed by atoms with Gasteiger partial charge in [0.1, 0.15) is 0 Å². The summed E-state index contributed by atoms with van der Waals surface area (Å²) in [5.74, 6) is 0.885. The van der Waals surface area contributed by atoms with Crippen molar-refractivity contribution in [1.82, 2.24) is 0 Å². The summed E-state index contributed by atoms with van der Waals surface area (Å²) in [6, 6.07) is 16.4. The van der Waals surface area contributed by atoms with Gasteiger partial charge in [-0.25, -0.2) is 0 Å². The molecule has 0 bridgehead atoms. The molecule has 0 aromatic heterocycles. The fraction of sp³-hybridized carbons (Fsp3) is 0.235. The van der Waals surface area contributed by atoms with Gasteiger partial charge in [0.15, 0.2) is 0 Å². The van der Waals surface area contributed by atoms with E-state index >= 15 is 0 Å². The minimum absolute atomic E-state index is 0.120. The molecule has 19 heavy (non-hydrogen) atoms. The van der Waals surface area contributed by atoms with Gasteiger partial charge in [-0.15, -0.1) is 0 Å². The molecule has 0 N–H and O–H groups in total. The number of benzene rings is 2. The summed E-state index contributed by atoms with van der Waals surface area (Å²) >= 11 is 0. The van der Waals surface area contributed by atoms with Crippen LogP contribution in [-0.2, 0) is 6.54 Å². The quantitative estimate of drug-likeness (QED) is 0.794. The van der Waals surface area contributed by atoms with Gasteiger partial charge in [0.25, 0.3) is 5.91 Å².